The molecule has 1 aromatic carbocycles. The summed E-state index contributed by atoms with van der Waals surface area (Å²) in [6.07, 6.45) is 0. The molecule has 0 aliphatic carbocycles. The maximum atomic E-state index is 11.4. The third-order valence-electron chi connectivity index (χ3n) is 1.62. The monoisotopic (exact) mass is 212 g/mol. The van der Waals surface area contributed by atoms with Gasteiger partial charge in [0, 0.05) is 12.1 Å². The highest BCUT2D eigenvalue weighted by atomic mass is 32.2. The minimum atomic E-state index is -1.35. The Morgan fingerprint density at radius 2 is 2.00 bits per heavy atom. The van der Waals surface area contributed by atoms with Crippen molar-refractivity contribution in [1.29, 1.82) is 0 Å². The van der Waals surface area contributed by atoms with Gasteiger partial charge in [0.05, 0.1) is 16.7 Å². The Kier molecular flexibility index (Phi) is 4.28. The van der Waals surface area contributed by atoms with Gasteiger partial charge in [-0.3, -0.25) is 9.93 Å². The van der Waals surface area contributed by atoms with Crippen LogP contribution in [0.3, 0.4) is 0 Å². The number of hydrogen-bond donors (Lipinski definition) is 2. The second-order valence-electron chi connectivity index (χ2n) is 2.71. The molecule has 0 aromatic heterocycles. The summed E-state index contributed by atoms with van der Waals surface area (Å²) in [5.41, 5.74) is 0.593. The Morgan fingerprint density at radius 1 is 1.36 bits per heavy atom. The van der Waals surface area contributed by atoms with E-state index in [0.29, 0.717) is 12.1 Å². The minimum absolute atomic E-state index is 0.170. The van der Waals surface area contributed by atoms with E-state index in [1.165, 1.54) is 0 Å². The van der Waals surface area contributed by atoms with Gasteiger partial charge in [-0.15, -0.1) is 0 Å². The van der Waals surface area contributed by atoms with E-state index in [9.17, 15) is 9.00 Å². The SMILES string of the molecule is NS(=O)CCNC(=O)c1ccccc1. The third-order valence-corrected chi connectivity index (χ3v) is 2.23. The summed E-state index contributed by atoms with van der Waals surface area (Å²) in [5, 5.41) is 7.66. The van der Waals surface area contributed by atoms with Gasteiger partial charge in [-0.25, -0.2) is 4.21 Å². The van der Waals surface area contributed by atoms with E-state index < -0.39 is 11.0 Å². The molecule has 14 heavy (non-hydrogen) atoms. The molecule has 5 heteroatoms. The first-order chi connectivity index (χ1) is 6.70. The molecular weight excluding hydrogens is 200 g/mol. The predicted molar refractivity (Wildman–Crippen MR) is 56.0 cm³/mol. The molecular formula is C9H12N2O2S. The zero-order chi connectivity index (χ0) is 10.4. The van der Waals surface area contributed by atoms with Crippen molar-refractivity contribution in [1.82, 2.24) is 5.32 Å². The van der Waals surface area contributed by atoms with Crippen LogP contribution >= 0.6 is 0 Å². The largest absolute Gasteiger partial charge is 0.351 e. The quantitative estimate of drug-likeness (QED) is 0.739. The molecule has 1 amide bonds. The Labute approximate surface area is 85.1 Å². The van der Waals surface area contributed by atoms with E-state index in [1.807, 2.05) is 6.07 Å². The van der Waals surface area contributed by atoms with Gasteiger partial charge in [-0.05, 0) is 12.1 Å². The summed E-state index contributed by atoms with van der Waals surface area (Å²) in [6.45, 7) is 0.330. The average molecular weight is 212 g/mol. The van der Waals surface area contributed by atoms with Crippen LogP contribution in [0.4, 0.5) is 0 Å². The molecule has 0 radical (unpaired) electrons. The molecule has 0 saturated heterocycles. The summed E-state index contributed by atoms with van der Waals surface area (Å²) in [7, 11) is -1.35. The summed E-state index contributed by atoms with van der Waals surface area (Å²) in [5.74, 6) is 0.106. The smallest absolute Gasteiger partial charge is 0.251 e. The van der Waals surface area contributed by atoms with Gasteiger partial charge >= 0.3 is 0 Å². The number of nitrogens with two attached hydrogens (primary N) is 1. The zero-order valence-electron chi connectivity index (χ0n) is 7.60. The minimum Gasteiger partial charge on any atom is -0.351 e. The van der Waals surface area contributed by atoms with Gasteiger partial charge in [0.1, 0.15) is 0 Å². The number of hydrogen-bond acceptors (Lipinski definition) is 2. The van der Waals surface area contributed by atoms with E-state index in [0.717, 1.165) is 0 Å². The van der Waals surface area contributed by atoms with Gasteiger partial charge in [0.15, 0.2) is 0 Å². The maximum absolute atomic E-state index is 11.4. The van der Waals surface area contributed by atoms with E-state index in [1.54, 1.807) is 24.3 Å². The molecule has 0 aliphatic heterocycles. The Balaban J connectivity index is 2.40. The molecule has 4 nitrogen and oxygen atoms in total. The third kappa shape index (κ3) is 3.68. The van der Waals surface area contributed by atoms with E-state index in [4.69, 9.17) is 5.14 Å². The second-order valence-corrected chi connectivity index (χ2v) is 3.88. The van der Waals surface area contributed by atoms with Crippen molar-refractivity contribution in [2.24, 2.45) is 5.14 Å². The number of carbonyl (C=O) groups excluding carboxylic acids is 1. The van der Waals surface area contributed by atoms with Crippen molar-refractivity contribution in [3.8, 4) is 0 Å². The van der Waals surface area contributed by atoms with Gasteiger partial charge in [0.2, 0.25) is 0 Å². The second kappa shape index (κ2) is 5.51. The molecule has 0 heterocycles. The van der Waals surface area contributed by atoms with Gasteiger partial charge in [0.25, 0.3) is 5.91 Å². The first-order valence-corrected chi connectivity index (χ1v) is 5.54. The van der Waals surface area contributed by atoms with Crippen LogP contribution in [0.25, 0.3) is 0 Å². The van der Waals surface area contributed by atoms with Crippen molar-refractivity contribution < 1.29 is 9.00 Å². The predicted octanol–water partition coefficient (Wildman–Crippen LogP) is 0.0388. The average Bonchev–Trinajstić information content (AvgIpc) is 2.18. The highest BCUT2D eigenvalue weighted by molar-refractivity contribution is 7.82. The molecule has 0 bridgehead atoms. The normalized spacial score (nSPS) is 12.1. The van der Waals surface area contributed by atoms with E-state index >= 15 is 0 Å². The van der Waals surface area contributed by atoms with Crippen molar-refractivity contribution in [2.45, 2.75) is 0 Å². The molecule has 0 saturated carbocycles. The van der Waals surface area contributed by atoms with Crippen LogP contribution in [-0.4, -0.2) is 22.4 Å². The topological polar surface area (TPSA) is 72.2 Å². The molecule has 1 rings (SSSR count). The zero-order valence-corrected chi connectivity index (χ0v) is 8.42. The van der Waals surface area contributed by atoms with Crippen molar-refractivity contribution >= 4 is 16.9 Å². The Hall–Kier alpha value is -1.20. The molecule has 1 unspecified atom stereocenters. The molecule has 1 aromatic rings. The van der Waals surface area contributed by atoms with Crippen LogP contribution in [0.5, 0.6) is 0 Å². The molecule has 76 valence electrons. The van der Waals surface area contributed by atoms with Crippen molar-refractivity contribution in [2.75, 3.05) is 12.3 Å². The van der Waals surface area contributed by atoms with Gasteiger partial charge in [-0.1, -0.05) is 18.2 Å². The Morgan fingerprint density at radius 3 is 2.57 bits per heavy atom. The fourth-order valence-corrected chi connectivity index (χ4v) is 1.26. The highest BCUT2D eigenvalue weighted by Gasteiger charge is 2.02. The molecule has 0 aliphatic rings. The van der Waals surface area contributed by atoms with Gasteiger partial charge in [-0.2, -0.15) is 0 Å². The van der Waals surface area contributed by atoms with E-state index in [2.05, 4.69) is 5.32 Å². The molecule has 0 fully saturated rings. The van der Waals surface area contributed by atoms with Crippen LogP contribution in [0.15, 0.2) is 30.3 Å². The molecule has 3 N–H and O–H groups in total. The summed E-state index contributed by atoms with van der Waals surface area (Å²) in [6, 6.07) is 8.85. The van der Waals surface area contributed by atoms with E-state index in [-0.39, 0.29) is 11.7 Å². The van der Waals surface area contributed by atoms with Crippen molar-refractivity contribution in [3.05, 3.63) is 35.9 Å². The van der Waals surface area contributed by atoms with Crippen LogP contribution in [0.2, 0.25) is 0 Å². The summed E-state index contributed by atoms with van der Waals surface area (Å²) in [4.78, 5) is 11.4. The lowest BCUT2D eigenvalue weighted by Crippen LogP contribution is -2.29. The van der Waals surface area contributed by atoms with Gasteiger partial charge < -0.3 is 5.32 Å². The van der Waals surface area contributed by atoms with Crippen LogP contribution < -0.4 is 10.5 Å². The lowest BCUT2D eigenvalue weighted by atomic mass is 10.2. The Bertz CT molecular complexity index is 327. The molecule has 1 atom stereocenters. The standard InChI is InChI=1S/C9H12N2O2S/c10-14(13)7-6-11-9(12)8-4-2-1-3-5-8/h1-5H,6-7,10H2,(H,11,12). The number of amides is 1. The first-order valence-electron chi connectivity index (χ1n) is 4.16. The van der Waals surface area contributed by atoms with Crippen molar-refractivity contribution in [3.63, 3.8) is 0 Å². The summed E-state index contributed by atoms with van der Waals surface area (Å²) < 4.78 is 10.5. The lowest BCUT2D eigenvalue weighted by molar-refractivity contribution is 0.0956. The maximum Gasteiger partial charge on any atom is 0.251 e. The number of carbonyl (C=O) groups is 1. The van der Waals surface area contributed by atoms with Crippen LogP contribution in [0, 0.1) is 0 Å². The molecule has 0 spiro atoms. The fraction of sp³-hybridized carbons (Fsp3) is 0.222. The number of benzene rings is 1. The first kappa shape index (κ1) is 10.9. The number of nitrogens with one attached hydrogen (secondary N) is 1. The number of rotatable bonds is 4. The van der Waals surface area contributed by atoms with Crippen LogP contribution in [0.1, 0.15) is 10.4 Å². The van der Waals surface area contributed by atoms with Crippen LogP contribution in [-0.2, 0) is 11.0 Å². The lowest BCUT2D eigenvalue weighted by Gasteiger charge is -2.02. The fourth-order valence-electron chi connectivity index (χ4n) is 0.957. The highest BCUT2D eigenvalue weighted by Crippen LogP contribution is 1.96. The summed E-state index contributed by atoms with van der Waals surface area (Å²) >= 11 is 0.